The van der Waals surface area contributed by atoms with Crippen LogP contribution in [-0.2, 0) is 24.5 Å². The molecule has 0 atom stereocenters. The molecule has 2 N–H and O–H groups in total. The Morgan fingerprint density at radius 2 is 0.810 bits per heavy atom. The molecule has 5 nitrogen and oxygen atoms in total. The van der Waals surface area contributed by atoms with Crippen molar-refractivity contribution < 1.29 is 11.4 Å². The van der Waals surface area contributed by atoms with Crippen molar-refractivity contribution in [2.24, 2.45) is 0 Å². The number of rotatable bonds is 4. The molecule has 8 aromatic rings. The van der Waals surface area contributed by atoms with Crippen LogP contribution in [0.3, 0.4) is 0 Å². The molecule has 0 saturated heterocycles. The number of nitrogens with zero attached hydrogens (tertiary/aromatic N) is 3. The van der Waals surface area contributed by atoms with Crippen LogP contribution in [0.4, 0.5) is 0 Å². The SMILES string of the molecule is CN(Cc1nc2c3ccccc3c3ccccc3c2[nH]1)Cc1nc2c3ccccc3c3ccccc3c2[nH]1.[Cl][Cr+]([Cl])[Cl]. The van der Waals surface area contributed by atoms with Gasteiger partial charge in [0.1, 0.15) is 11.6 Å². The van der Waals surface area contributed by atoms with E-state index in [0.717, 1.165) is 33.7 Å². The number of benzene rings is 6. The van der Waals surface area contributed by atoms with Crippen LogP contribution in [0.25, 0.3) is 65.2 Å². The van der Waals surface area contributed by atoms with Gasteiger partial charge in [-0.2, -0.15) is 0 Å². The van der Waals surface area contributed by atoms with Crippen molar-refractivity contribution in [3.05, 3.63) is 109 Å². The Balaban J connectivity index is 0.000000680. The average molecular weight is 650 g/mol. The van der Waals surface area contributed by atoms with Crippen LogP contribution in [0.15, 0.2) is 97.1 Å². The number of aromatic amines is 2. The number of halogens is 3. The first-order chi connectivity index (χ1) is 20.5. The van der Waals surface area contributed by atoms with Crippen LogP contribution in [0.1, 0.15) is 11.6 Å². The molecule has 0 bridgehead atoms. The Hall–Kier alpha value is -3.34. The van der Waals surface area contributed by atoms with E-state index in [0.29, 0.717) is 13.1 Å². The van der Waals surface area contributed by atoms with E-state index in [1.165, 1.54) is 43.1 Å². The molecule has 0 aliphatic heterocycles. The van der Waals surface area contributed by atoms with Gasteiger partial charge in [0.05, 0.1) is 35.2 Å². The number of aromatic nitrogens is 4. The number of imidazole rings is 2. The van der Waals surface area contributed by atoms with Crippen LogP contribution in [0.2, 0.25) is 0 Å². The second-order valence-electron chi connectivity index (χ2n) is 10.3. The topological polar surface area (TPSA) is 60.6 Å². The van der Waals surface area contributed by atoms with Gasteiger partial charge >= 0.3 is 41.5 Å². The summed E-state index contributed by atoms with van der Waals surface area (Å²) in [5.74, 6) is 1.91. The van der Waals surface area contributed by atoms with Crippen LogP contribution in [0, 0.1) is 0 Å². The van der Waals surface area contributed by atoms with E-state index < -0.39 is 11.4 Å². The quantitative estimate of drug-likeness (QED) is 0.187. The summed E-state index contributed by atoms with van der Waals surface area (Å²) in [7, 11) is 16.9. The molecule has 0 aliphatic carbocycles. The van der Waals surface area contributed by atoms with E-state index in [1.54, 1.807) is 0 Å². The maximum absolute atomic E-state index is 5.07. The van der Waals surface area contributed by atoms with Crippen molar-refractivity contribution in [2.45, 2.75) is 13.1 Å². The van der Waals surface area contributed by atoms with E-state index in [4.69, 9.17) is 40.1 Å². The maximum atomic E-state index is 5.07. The van der Waals surface area contributed by atoms with Crippen molar-refractivity contribution in [1.82, 2.24) is 24.8 Å². The predicted octanol–water partition coefficient (Wildman–Crippen LogP) is 9.75. The molecule has 0 aliphatic rings. The van der Waals surface area contributed by atoms with Gasteiger partial charge in [-0.3, -0.25) is 4.90 Å². The fourth-order valence-electron chi connectivity index (χ4n) is 6.06. The fourth-order valence-corrected chi connectivity index (χ4v) is 6.06. The van der Waals surface area contributed by atoms with Crippen molar-refractivity contribution in [1.29, 1.82) is 0 Å². The Morgan fingerprint density at radius 1 is 0.524 bits per heavy atom. The number of H-pyrrole nitrogens is 2. The van der Waals surface area contributed by atoms with Crippen LogP contribution < -0.4 is 0 Å². The van der Waals surface area contributed by atoms with Crippen molar-refractivity contribution >= 4 is 95.3 Å². The van der Waals surface area contributed by atoms with E-state index in [2.05, 4.69) is 119 Å². The van der Waals surface area contributed by atoms with Gasteiger partial charge in [-0.05, 0) is 28.6 Å². The van der Waals surface area contributed by atoms with Crippen molar-refractivity contribution in [3.8, 4) is 0 Å². The minimum absolute atomic E-state index is 0.690. The summed E-state index contributed by atoms with van der Waals surface area (Å²) in [5.41, 5.74) is 4.27. The third-order valence-corrected chi connectivity index (χ3v) is 7.68. The van der Waals surface area contributed by atoms with E-state index in [-0.39, 0.29) is 0 Å². The third-order valence-electron chi connectivity index (χ3n) is 7.68. The monoisotopic (exact) mass is 648 g/mol. The molecule has 42 heavy (non-hydrogen) atoms. The fraction of sp³-hybridized carbons (Fsp3) is 0.0909. The zero-order valence-electron chi connectivity index (χ0n) is 22.5. The molecular weight excluding hydrogens is 625 g/mol. The van der Waals surface area contributed by atoms with Crippen molar-refractivity contribution in [2.75, 3.05) is 7.05 Å². The first-order valence-electron chi connectivity index (χ1n) is 13.5. The molecule has 208 valence electrons. The average Bonchev–Trinajstić information content (AvgIpc) is 3.62. The van der Waals surface area contributed by atoms with Gasteiger partial charge in [0.25, 0.3) is 0 Å². The number of hydrogen-bond donors (Lipinski definition) is 2. The predicted molar refractivity (Wildman–Crippen MR) is 175 cm³/mol. The zero-order chi connectivity index (χ0) is 28.8. The van der Waals surface area contributed by atoms with Crippen LogP contribution in [0.5, 0.6) is 0 Å². The molecule has 8 rings (SSSR count). The Labute approximate surface area is 259 Å². The van der Waals surface area contributed by atoms with E-state index in [9.17, 15) is 0 Å². The normalized spacial score (nSPS) is 12.0. The molecule has 0 spiro atoms. The molecule has 2 aromatic heterocycles. The molecule has 6 aromatic carbocycles. The molecule has 0 radical (unpaired) electrons. The third kappa shape index (κ3) is 4.99. The molecule has 0 saturated carbocycles. The Morgan fingerprint density at radius 3 is 1.17 bits per heavy atom. The summed E-state index contributed by atoms with van der Waals surface area (Å²) in [6.45, 7) is 1.38. The van der Waals surface area contributed by atoms with Crippen molar-refractivity contribution in [3.63, 3.8) is 0 Å². The molecule has 0 fully saturated rings. The molecular formula is C33H25Cl3CrN5+. The first-order valence-corrected chi connectivity index (χ1v) is 18.7. The summed E-state index contributed by atoms with van der Waals surface area (Å²) < 4.78 is 0. The van der Waals surface area contributed by atoms with Gasteiger partial charge in [0.15, 0.2) is 0 Å². The van der Waals surface area contributed by atoms with Gasteiger partial charge in [0, 0.05) is 21.5 Å². The summed E-state index contributed by atoms with van der Waals surface area (Å²) in [6, 6.07) is 34.2. The summed E-state index contributed by atoms with van der Waals surface area (Å²) in [5, 5.41) is 9.76. The van der Waals surface area contributed by atoms with Crippen LogP contribution in [-0.4, -0.2) is 31.9 Å². The van der Waals surface area contributed by atoms with Gasteiger partial charge in [-0.25, -0.2) is 9.97 Å². The van der Waals surface area contributed by atoms with Gasteiger partial charge in [-0.1, -0.05) is 97.1 Å². The number of hydrogen-bond acceptors (Lipinski definition) is 3. The Kier molecular flexibility index (Phi) is 7.46. The van der Waals surface area contributed by atoms with Gasteiger partial charge in [-0.15, -0.1) is 0 Å². The first kappa shape index (κ1) is 27.5. The Bertz CT molecular complexity index is 1940. The molecule has 9 heteroatoms. The summed E-state index contributed by atoms with van der Waals surface area (Å²) >= 11 is -1.62. The van der Waals surface area contributed by atoms with Crippen LogP contribution >= 0.6 is 30.1 Å². The molecule has 2 heterocycles. The van der Waals surface area contributed by atoms with E-state index in [1.807, 2.05) is 0 Å². The van der Waals surface area contributed by atoms with E-state index >= 15 is 0 Å². The summed E-state index contributed by atoms with van der Waals surface area (Å²) in [6.07, 6.45) is 0. The van der Waals surface area contributed by atoms with Gasteiger partial charge in [0.2, 0.25) is 0 Å². The standard InChI is InChI=1S/C33H25N5.3ClH.Cr/c1-38(18-28-34-30-24-14-6-2-10-20(24)21-11-3-7-15-25(21)31(30)35-28)19-29-36-32-26-16-8-4-12-22(26)23-13-5-9-17-27(23)33(32)37-29;;;;/h2-17H,18-19H2,1H3,(H,34,35)(H,36,37);3*1H;/q;;;;+4/p-3. The second kappa shape index (κ2) is 11.4. The zero-order valence-corrected chi connectivity index (χ0v) is 26.1. The van der Waals surface area contributed by atoms with Gasteiger partial charge < -0.3 is 9.97 Å². The minimum atomic E-state index is -1.62. The number of fused-ring (bicyclic) bond motifs is 12. The molecule has 0 amide bonds. The second-order valence-corrected chi connectivity index (χ2v) is 16.7. The number of nitrogens with one attached hydrogen (secondary N) is 2. The molecule has 0 unspecified atom stereocenters. The summed E-state index contributed by atoms with van der Waals surface area (Å²) in [4.78, 5) is 19.7.